The lowest BCUT2D eigenvalue weighted by molar-refractivity contribution is -0.140. The minimum atomic E-state index is -3.64. The maximum Gasteiger partial charge on any atom is 0.242 e. The number of sulfonamides is 1. The quantitative estimate of drug-likeness (QED) is 0.383. The molecule has 0 saturated carbocycles. The van der Waals surface area contributed by atoms with E-state index < -0.39 is 21.9 Å². The summed E-state index contributed by atoms with van der Waals surface area (Å²) in [6, 6.07) is 11.7. The van der Waals surface area contributed by atoms with Crippen LogP contribution in [0, 0.1) is 5.82 Å². The van der Waals surface area contributed by atoms with E-state index >= 15 is 0 Å². The van der Waals surface area contributed by atoms with Crippen LogP contribution in [0.3, 0.4) is 0 Å². The molecule has 0 fully saturated rings. The molecule has 0 aliphatic carbocycles. The lowest BCUT2D eigenvalue weighted by Gasteiger charge is -2.29. The summed E-state index contributed by atoms with van der Waals surface area (Å²) in [7, 11) is -2.07. The number of carbonyl (C=O) groups excluding carboxylic acids is 2. The largest absolute Gasteiger partial charge is 0.497 e. The van der Waals surface area contributed by atoms with Gasteiger partial charge in [-0.2, -0.15) is 0 Å². The molecule has 1 atom stereocenters. The molecule has 0 radical (unpaired) electrons. The molecule has 2 rings (SSSR count). The summed E-state index contributed by atoms with van der Waals surface area (Å²) in [6.45, 7) is 4.51. The Balaban J connectivity index is 2.14. The highest BCUT2D eigenvalue weighted by atomic mass is 32.2. The van der Waals surface area contributed by atoms with Crippen LogP contribution in [0.15, 0.2) is 48.5 Å². The zero-order valence-corrected chi connectivity index (χ0v) is 22.2. The first-order valence-electron chi connectivity index (χ1n) is 12.0. The van der Waals surface area contributed by atoms with Crippen LogP contribution < -0.4 is 14.4 Å². The minimum absolute atomic E-state index is 0.0376. The number of nitrogens with zero attached hydrogens (tertiary/aromatic N) is 2. The third kappa shape index (κ3) is 8.82. The Morgan fingerprint density at radius 1 is 1.06 bits per heavy atom. The number of nitrogens with one attached hydrogen (secondary N) is 1. The summed E-state index contributed by atoms with van der Waals surface area (Å²) >= 11 is 0. The molecule has 0 unspecified atom stereocenters. The fourth-order valence-corrected chi connectivity index (χ4v) is 4.62. The number of hydrogen-bond acceptors (Lipinski definition) is 5. The van der Waals surface area contributed by atoms with Gasteiger partial charge < -0.3 is 15.0 Å². The number of anilines is 1. The Hall–Kier alpha value is -3.14. The van der Waals surface area contributed by atoms with Crippen LogP contribution in [0.1, 0.15) is 45.1 Å². The topological polar surface area (TPSA) is 96.0 Å². The van der Waals surface area contributed by atoms with Crippen molar-refractivity contribution in [1.82, 2.24) is 10.2 Å². The first-order valence-corrected chi connectivity index (χ1v) is 13.8. The lowest BCUT2D eigenvalue weighted by Crippen LogP contribution is -2.47. The predicted octanol–water partition coefficient (Wildman–Crippen LogP) is 3.71. The molecule has 1 N–H and O–H groups in total. The van der Waals surface area contributed by atoms with Crippen molar-refractivity contribution in [1.29, 1.82) is 0 Å². The fraction of sp³-hybridized carbons (Fsp3) is 0.462. The van der Waals surface area contributed by atoms with Crippen molar-refractivity contribution >= 4 is 27.5 Å². The molecule has 36 heavy (non-hydrogen) atoms. The van der Waals surface area contributed by atoms with E-state index in [0.717, 1.165) is 29.0 Å². The third-order valence-corrected chi connectivity index (χ3v) is 6.97. The summed E-state index contributed by atoms with van der Waals surface area (Å²) in [4.78, 5) is 27.5. The molecule has 2 amide bonds. The average Bonchev–Trinajstić information content (AvgIpc) is 2.85. The molecule has 2 aromatic rings. The molecule has 8 nitrogen and oxygen atoms in total. The van der Waals surface area contributed by atoms with E-state index in [2.05, 4.69) is 5.32 Å². The van der Waals surface area contributed by atoms with Gasteiger partial charge in [0.25, 0.3) is 0 Å². The van der Waals surface area contributed by atoms with E-state index in [1.54, 1.807) is 26.2 Å². The van der Waals surface area contributed by atoms with Gasteiger partial charge in [0, 0.05) is 26.1 Å². The second-order valence-electron chi connectivity index (χ2n) is 8.61. The van der Waals surface area contributed by atoms with Crippen molar-refractivity contribution in [3.63, 3.8) is 0 Å². The molecule has 0 bridgehead atoms. The van der Waals surface area contributed by atoms with Gasteiger partial charge in [-0.15, -0.1) is 0 Å². The maximum absolute atomic E-state index is 13.3. The van der Waals surface area contributed by atoms with E-state index in [4.69, 9.17) is 4.74 Å². The van der Waals surface area contributed by atoms with Crippen molar-refractivity contribution in [2.24, 2.45) is 0 Å². The Bertz CT molecular complexity index is 1090. The standard InChI is InChI=1S/C26H36FN3O5S/c1-5-6-17-28-26(32)20(2)29(19-21-9-15-24(35-3)16-10-21)25(31)8-7-18-30(36(4,33)34)23-13-11-22(27)12-14-23/h9-16,20H,5-8,17-19H2,1-4H3,(H,28,32)/t20-/m1/s1. The van der Waals surface area contributed by atoms with E-state index in [0.29, 0.717) is 18.0 Å². The Kier molecular flexibility index (Phi) is 11.2. The normalized spacial score (nSPS) is 12.0. The Morgan fingerprint density at radius 2 is 1.69 bits per heavy atom. The second kappa shape index (κ2) is 13.8. The number of ether oxygens (including phenoxy) is 1. The van der Waals surface area contributed by atoms with E-state index in [1.165, 1.54) is 29.2 Å². The van der Waals surface area contributed by atoms with Crippen molar-refractivity contribution in [2.45, 2.75) is 52.1 Å². The molecule has 0 spiro atoms. The zero-order chi connectivity index (χ0) is 26.7. The van der Waals surface area contributed by atoms with Gasteiger partial charge in [-0.05, 0) is 61.7 Å². The molecule has 10 heteroatoms. The number of benzene rings is 2. The summed E-state index contributed by atoms with van der Waals surface area (Å²) < 4.78 is 44.3. The smallest absolute Gasteiger partial charge is 0.242 e. The third-order valence-electron chi connectivity index (χ3n) is 5.78. The molecule has 198 valence electrons. The SMILES string of the molecule is CCCCNC(=O)[C@@H](C)N(Cc1ccc(OC)cc1)C(=O)CCCN(c1ccc(F)cc1)S(C)(=O)=O. The van der Waals surface area contributed by atoms with Crippen LogP contribution in [0.4, 0.5) is 10.1 Å². The number of rotatable bonds is 14. The molecule has 0 aliphatic rings. The summed E-state index contributed by atoms with van der Waals surface area (Å²) in [5.41, 5.74) is 1.16. The fourth-order valence-electron chi connectivity index (χ4n) is 3.66. The van der Waals surface area contributed by atoms with Gasteiger partial charge in [-0.25, -0.2) is 12.8 Å². The predicted molar refractivity (Wildman–Crippen MR) is 139 cm³/mol. The van der Waals surface area contributed by atoms with Crippen molar-refractivity contribution < 1.29 is 27.1 Å². The highest BCUT2D eigenvalue weighted by Crippen LogP contribution is 2.20. The summed E-state index contributed by atoms with van der Waals surface area (Å²) in [5.74, 6) is -0.294. The number of carbonyl (C=O) groups is 2. The van der Waals surface area contributed by atoms with Crippen LogP contribution >= 0.6 is 0 Å². The Labute approximate surface area is 213 Å². The highest BCUT2D eigenvalue weighted by Gasteiger charge is 2.26. The molecule has 0 aliphatic heterocycles. The first-order chi connectivity index (χ1) is 17.1. The van der Waals surface area contributed by atoms with E-state index in [-0.39, 0.29) is 37.7 Å². The van der Waals surface area contributed by atoms with Crippen LogP contribution in [0.2, 0.25) is 0 Å². The van der Waals surface area contributed by atoms with E-state index in [9.17, 15) is 22.4 Å². The van der Waals surface area contributed by atoms with Gasteiger partial charge in [0.15, 0.2) is 0 Å². The van der Waals surface area contributed by atoms with Crippen LogP contribution in [0.25, 0.3) is 0 Å². The van der Waals surface area contributed by atoms with E-state index in [1.807, 2.05) is 19.1 Å². The van der Waals surface area contributed by atoms with Crippen LogP contribution in [-0.4, -0.2) is 57.6 Å². The van der Waals surface area contributed by atoms with Crippen LogP contribution in [0.5, 0.6) is 5.75 Å². The average molecular weight is 522 g/mol. The molecule has 0 heterocycles. The van der Waals surface area contributed by atoms with Gasteiger partial charge in [-0.1, -0.05) is 25.5 Å². The number of hydrogen-bond donors (Lipinski definition) is 1. The molecular formula is C26H36FN3O5S. The van der Waals surface area contributed by atoms with Gasteiger partial charge in [0.2, 0.25) is 21.8 Å². The molecule has 2 aromatic carbocycles. The summed E-state index contributed by atoms with van der Waals surface area (Å²) in [5, 5.41) is 2.87. The number of halogens is 1. The minimum Gasteiger partial charge on any atom is -0.497 e. The van der Waals surface area contributed by atoms with Crippen molar-refractivity contribution in [3.05, 3.63) is 59.9 Å². The van der Waals surface area contributed by atoms with Crippen molar-refractivity contribution in [3.8, 4) is 5.75 Å². The maximum atomic E-state index is 13.3. The number of amides is 2. The second-order valence-corrected chi connectivity index (χ2v) is 10.5. The van der Waals surface area contributed by atoms with Gasteiger partial charge in [0.1, 0.15) is 17.6 Å². The van der Waals surface area contributed by atoms with Gasteiger partial charge in [-0.3, -0.25) is 13.9 Å². The monoisotopic (exact) mass is 521 g/mol. The highest BCUT2D eigenvalue weighted by molar-refractivity contribution is 7.92. The summed E-state index contributed by atoms with van der Waals surface area (Å²) in [6.07, 6.45) is 3.11. The van der Waals surface area contributed by atoms with Gasteiger partial charge in [0.05, 0.1) is 19.1 Å². The lowest BCUT2D eigenvalue weighted by atomic mass is 10.1. The zero-order valence-electron chi connectivity index (χ0n) is 21.4. The van der Waals surface area contributed by atoms with Crippen molar-refractivity contribution in [2.75, 3.05) is 30.8 Å². The number of unbranched alkanes of at least 4 members (excludes halogenated alkanes) is 1. The van der Waals surface area contributed by atoms with Gasteiger partial charge >= 0.3 is 0 Å². The number of methoxy groups -OCH3 is 1. The Morgan fingerprint density at radius 3 is 2.25 bits per heavy atom. The molecular weight excluding hydrogens is 485 g/mol. The first kappa shape index (κ1) is 29.1. The molecule has 0 saturated heterocycles. The molecule has 0 aromatic heterocycles. The van der Waals surface area contributed by atoms with Crippen LogP contribution in [-0.2, 0) is 26.2 Å².